The van der Waals surface area contributed by atoms with E-state index in [0.29, 0.717) is 17.7 Å². The average molecular weight is 279 g/mol. The summed E-state index contributed by atoms with van der Waals surface area (Å²) in [6.45, 7) is 4.56. The Bertz CT molecular complexity index is 785. The average Bonchev–Trinajstić information content (AvgIpc) is 2.91. The van der Waals surface area contributed by atoms with E-state index in [4.69, 9.17) is 4.74 Å². The topological polar surface area (TPSA) is 42.1 Å². The summed E-state index contributed by atoms with van der Waals surface area (Å²) in [5, 5.41) is 0.895. The third-order valence-corrected chi connectivity index (χ3v) is 3.52. The fraction of sp³-hybridized carbons (Fsp3) is 0.167. The number of aryl methyl sites for hydroxylation is 1. The minimum Gasteiger partial charge on any atom is -0.494 e. The SMILES string of the molecule is CCOc1ccc2[nH]cc(C(=O)c3ccc(C)cc3)c2c1. The largest absolute Gasteiger partial charge is 0.494 e. The molecule has 1 N–H and O–H groups in total. The molecule has 0 bridgehead atoms. The number of carbonyl (C=O) groups excluding carboxylic acids is 1. The van der Waals surface area contributed by atoms with Gasteiger partial charge in [-0.15, -0.1) is 0 Å². The minimum absolute atomic E-state index is 0.0231. The molecule has 0 atom stereocenters. The van der Waals surface area contributed by atoms with Crippen molar-refractivity contribution >= 4 is 16.7 Å². The van der Waals surface area contributed by atoms with Gasteiger partial charge in [-0.2, -0.15) is 0 Å². The van der Waals surface area contributed by atoms with Crippen molar-refractivity contribution in [3.63, 3.8) is 0 Å². The van der Waals surface area contributed by atoms with E-state index >= 15 is 0 Å². The van der Waals surface area contributed by atoms with Crippen molar-refractivity contribution in [3.05, 3.63) is 65.4 Å². The molecule has 0 spiro atoms. The van der Waals surface area contributed by atoms with E-state index in [1.165, 1.54) is 0 Å². The highest BCUT2D eigenvalue weighted by Gasteiger charge is 2.14. The van der Waals surface area contributed by atoms with Crippen molar-refractivity contribution < 1.29 is 9.53 Å². The monoisotopic (exact) mass is 279 g/mol. The van der Waals surface area contributed by atoms with Gasteiger partial charge in [0.15, 0.2) is 5.78 Å². The molecule has 0 saturated carbocycles. The van der Waals surface area contributed by atoms with Crippen molar-refractivity contribution in [3.8, 4) is 5.75 Å². The number of ketones is 1. The molecule has 3 rings (SSSR count). The number of rotatable bonds is 4. The predicted octanol–water partition coefficient (Wildman–Crippen LogP) is 4.11. The van der Waals surface area contributed by atoms with Crippen molar-refractivity contribution in [2.45, 2.75) is 13.8 Å². The Morgan fingerprint density at radius 3 is 2.62 bits per heavy atom. The maximum atomic E-state index is 12.6. The van der Waals surface area contributed by atoms with Gasteiger partial charge >= 0.3 is 0 Å². The van der Waals surface area contributed by atoms with Gasteiger partial charge in [0, 0.05) is 28.2 Å². The van der Waals surface area contributed by atoms with Crippen LogP contribution in [0.5, 0.6) is 5.75 Å². The van der Waals surface area contributed by atoms with Crippen LogP contribution in [0.2, 0.25) is 0 Å². The van der Waals surface area contributed by atoms with E-state index in [2.05, 4.69) is 4.98 Å². The highest BCUT2D eigenvalue weighted by molar-refractivity contribution is 6.16. The number of aromatic amines is 1. The number of hydrogen-bond acceptors (Lipinski definition) is 2. The molecule has 0 aliphatic rings. The number of benzene rings is 2. The molecule has 2 aromatic carbocycles. The smallest absolute Gasteiger partial charge is 0.195 e. The lowest BCUT2D eigenvalue weighted by Crippen LogP contribution is -2.00. The molecule has 0 amide bonds. The van der Waals surface area contributed by atoms with Gasteiger partial charge in [0.1, 0.15) is 5.75 Å². The highest BCUT2D eigenvalue weighted by atomic mass is 16.5. The zero-order valence-corrected chi connectivity index (χ0v) is 12.1. The molecule has 3 heteroatoms. The van der Waals surface area contributed by atoms with Crippen LogP contribution in [0.4, 0.5) is 0 Å². The maximum absolute atomic E-state index is 12.6. The molecule has 3 nitrogen and oxygen atoms in total. The summed E-state index contributed by atoms with van der Waals surface area (Å²) < 4.78 is 5.51. The lowest BCUT2D eigenvalue weighted by molar-refractivity contribution is 0.104. The standard InChI is InChI=1S/C18H17NO2/c1-3-21-14-8-9-17-15(10-14)16(11-19-17)18(20)13-6-4-12(2)5-7-13/h4-11,19H,3H2,1-2H3. The van der Waals surface area contributed by atoms with Gasteiger partial charge in [-0.25, -0.2) is 0 Å². The van der Waals surface area contributed by atoms with Gasteiger partial charge in [0.05, 0.1) is 6.61 Å². The van der Waals surface area contributed by atoms with Gasteiger partial charge in [-0.3, -0.25) is 4.79 Å². The fourth-order valence-electron chi connectivity index (χ4n) is 2.40. The quantitative estimate of drug-likeness (QED) is 0.730. The van der Waals surface area contributed by atoms with Crippen LogP contribution in [0.1, 0.15) is 28.4 Å². The van der Waals surface area contributed by atoms with Gasteiger partial charge < -0.3 is 9.72 Å². The van der Waals surface area contributed by atoms with Crippen molar-refractivity contribution in [2.24, 2.45) is 0 Å². The minimum atomic E-state index is 0.0231. The van der Waals surface area contributed by atoms with Crippen molar-refractivity contribution in [2.75, 3.05) is 6.61 Å². The van der Waals surface area contributed by atoms with Crippen LogP contribution in [-0.4, -0.2) is 17.4 Å². The second kappa shape index (κ2) is 5.44. The summed E-state index contributed by atoms with van der Waals surface area (Å²) in [5.41, 5.74) is 3.46. The lowest BCUT2D eigenvalue weighted by atomic mass is 10.0. The molecule has 3 aromatic rings. The van der Waals surface area contributed by atoms with Crippen LogP contribution in [0.15, 0.2) is 48.7 Å². The Kier molecular flexibility index (Phi) is 3.48. The third kappa shape index (κ3) is 2.55. The molecule has 0 radical (unpaired) electrons. The van der Waals surface area contributed by atoms with Gasteiger partial charge in [-0.1, -0.05) is 29.8 Å². The predicted molar refractivity (Wildman–Crippen MR) is 84.1 cm³/mol. The summed E-state index contributed by atoms with van der Waals surface area (Å²) in [7, 11) is 0. The Morgan fingerprint density at radius 2 is 1.90 bits per heavy atom. The third-order valence-electron chi connectivity index (χ3n) is 3.52. The molecule has 0 saturated heterocycles. The number of H-pyrrole nitrogens is 1. The first-order chi connectivity index (χ1) is 10.2. The van der Waals surface area contributed by atoms with E-state index in [9.17, 15) is 4.79 Å². The first-order valence-electron chi connectivity index (χ1n) is 7.04. The van der Waals surface area contributed by atoms with Gasteiger partial charge in [0.25, 0.3) is 0 Å². The zero-order valence-electron chi connectivity index (χ0n) is 12.1. The van der Waals surface area contributed by atoms with E-state index in [0.717, 1.165) is 22.2 Å². The molecule has 0 fully saturated rings. The molecule has 1 heterocycles. The molecule has 21 heavy (non-hydrogen) atoms. The Labute approximate surface area is 123 Å². The molecule has 106 valence electrons. The number of ether oxygens (including phenoxy) is 1. The number of nitrogens with one attached hydrogen (secondary N) is 1. The number of aromatic nitrogens is 1. The van der Waals surface area contributed by atoms with Crippen molar-refractivity contribution in [1.82, 2.24) is 4.98 Å². The molecule has 1 aromatic heterocycles. The van der Waals surface area contributed by atoms with E-state index in [-0.39, 0.29) is 5.78 Å². The Hall–Kier alpha value is -2.55. The number of hydrogen-bond donors (Lipinski definition) is 1. The van der Waals surface area contributed by atoms with Crippen LogP contribution < -0.4 is 4.74 Å². The summed E-state index contributed by atoms with van der Waals surface area (Å²) in [6, 6.07) is 13.4. The normalized spacial score (nSPS) is 10.8. The molecular weight excluding hydrogens is 262 g/mol. The first-order valence-corrected chi connectivity index (χ1v) is 7.04. The fourth-order valence-corrected chi connectivity index (χ4v) is 2.40. The highest BCUT2D eigenvalue weighted by Crippen LogP contribution is 2.25. The second-order valence-electron chi connectivity index (χ2n) is 5.04. The van der Waals surface area contributed by atoms with Crippen LogP contribution in [0.3, 0.4) is 0 Å². The zero-order chi connectivity index (χ0) is 14.8. The summed E-state index contributed by atoms with van der Waals surface area (Å²) >= 11 is 0. The van der Waals surface area contributed by atoms with Crippen LogP contribution in [0, 0.1) is 6.92 Å². The summed E-state index contributed by atoms with van der Waals surface area (Å²) in [4.78, 5) is 15.8. The van der Waals surface area contributed by atoms with E-state index < -0.39 is 0 Å². The molecular formula is C18H17NO2. The first kappa shape index (κ1) is 13.4. The Morgan fingerprint density at radius 1 is 1.14 bits per heavy atom. The number of carbonyl (C=O) groups is 1. The maximum Gasteiger partial charge on any atom is 0.195 e. The van der Waals surface area contributed by atoms with Crippen molar-refractivity contribution in [1.29, 1.82) is 0 Å². The van der Waals surface area contributed by atoms with E-state index in [1.807, 2.05) is 56.3 Å². The van der Waals surface area contributed by atoms with E-state index in [1.54, 1.807) is 6.20 Å². The Balaban J connectivity index is 2.04. The molecule has 0 aliphatic carbocycles. The van der Waals surface area contributed by atoms with Crippen LogP contribution in [-0.2, 0) is 0 Å². The van der Waals surface area contributed by atoms with Gasteiger partial charge in [0.2, 0.25) is 0 Å². The second-order valence-corrected chi connectivity index (χ2v) is 5.04. The van der Waals surface area contributed by atoms with Crippen LogP contribution >= 0.6 is 0 Å². The van der Waals surface area contributed by atoms with Gasteiger partial charge in [-0.05, 0) is 32.0 Å². The molecule has 0 aliphatic heterocycles. The van der Waals surface area contributed by atoms with Crippen LogP contribution in [0.25, 0.3) is 10.9 Å². The number of fused-ring (bicyclic) bond motifs is 1. The summed E-state index contributed by atoms with van der Waals surface area (Å²) in [5.74, 6) is 0.803. The summed E-state index contributed by atoms with van der Waals surface area (Å²) in [6.07, 6.45) is 1.77. The lowest BCUT2D eigenvalue weighted by Gasteiger charge is -2.04. The molecule has 0 unspecified atom stereocenters.